The van der Waals surface area contributed by atoms with Crippen LogP contribution in [0.4, 0.5) is 5.69 Å². The third kappa shape index (κ3) is 6.70. The first kappa shape index (κ1) is 24.5. The molecule has 0 saturated carbocycles. The zero-order chi connectivity index (χ0) is 24.6. The van der Waals surface area contributed by atoms with Crippen LogP contribution < -0.4 is 10.1 Å². The minimum Gasteiger partial charge on any atom is -0.489 e. The number of rotatable bonds is 8. The zero-order valence-corrected chi connectivity index (χ0v) is 20.3. The fraction of sp³-hybridized carbons (Fsp3) is 0.296. The van der Waals surface area contributed by atoms with Crippen molar-refractivity contribution in [3.63, 3.8) is 0 Å². The van der Waals surface area contributed by atoms with Crippen molar-refractivity contribution in [2.45, 2.75) is 32.5 Å². The molecule has 0 radical (unpaired) electrons. The second-order valence-corrected chi connectivity index (χ2v) is 9.38. The summed E-state index contributed by atoms with van der Waals surface area (Å²) in [5, 5.41) is 4.62. The molecule has 1 aliphatic heterocycles. The number of anilines is 1. The minimum atomic E-state index is -0.958. The lowest BCUT2D eigenvalue weighted by molar-refractivity contribution is -0.158. The summed E-state index contributed by atoms with van der Waals surface area (Å²) >= 11 is 1.38. The second kappa shape index (κ2) is 11.7. The SMILES string of the molecule is CC(OC(=O)C1CCCN(C(=O)c2cccs2)C1)C(=O)Nc1ccc(OCc2ccccc2)cc1. The first-order valence-electron chi connectivity index (χ1n) is 11.6. The van der Waals surface area contributed by atoms with Gasteiger partial charge in [0.05, 0.1) is 10.8 Å². The Morgan fingerprint density at radius 2 is 1.83 bits per heavy atom. The lowest BCUT2D eigenvalue weighted by atomic mass is 9.98. The molecule has 1 fully saturated rings. The second-order valence-electron chi connectivity index (χ2n) is 8.43. The molecule has 1 saturated heterocycles. The quantitative estimate of drug-likeness (QED) is 0.459. The molecule has 0 spiro atoms. The van der Waals surface area contributed by atoms with Gasteiger partial charge < -0.3 is 19.7 Å². The van der Waals surface area contributed by atoms with Crippen LogP contribution in [-0.4, -0.2) is 41.9 Å². The summed E-state index contributed by atoms with van der Waals surface area (Å²) < 4.78 is 11.2. The molecule has 2 unspecified atom stereocenters. The highest BCUT2D eigenvalue weighted by atomic mass is 32.1. The van der Waals surface area contributed by atoms with E-state index in [1.807, 2.05) is 41.8 Å². The molecule has 1 aliphatic rings. The first-order chi connectivity index (χ1) is 17.0. The van der Waals surface area contributed by atoms with Gasteiger partial charge in [0.15, 0.2) is 6.10 Å². The number of nitrogens with zero attached hydrogens (tertiary/aromatic N) is 1. The third-order valence-electron chi connectivity index (χ3n) is 5.81. The molecule has 1 N–H and O–H groups in total. The Labute approximate surface area is 208 Å². The van der Waals surface area contributed by atoms with Crippen LogP contribution in [0.5, 0.6) is 5.75 Å². The van der Waals surface area contributed by atoms with Crippen molar-refractivity contribution in [2.75, 3.05) is 18.4 Å². The number of amides is 2. The third-order valence-corrected chi connectivity index (χ3v) is 6.66. The number of piperidine rings is 1. The van der Waals surface area contributed by atoms with E-state index in [2.05, 4.69) is 5.32 Å². The number of carbonyl (C=O) groups is 3. The number of nitrogens with one attached hydrogen (secondary N) is 1. The van der Waals surface area contributed by atoms with Crippen LogP contribution in [0.3, 0.4) is 0 Å². The lowest BCUT2D eigenvalue weighted by Gasteiger charge is -2.31. The van der Waals surface area contributed by atoms with Gasteiger partial charge in [0.25, 0.3) is 11.8 Å². The van der Waals surface area contributed by atoms with Gasteiger partial charge in [0.1, 0.15) is 12.4 Å². The van der Waals surface area contributed by atoms with Gasteiger partial charge in [-0.05, 0) is 61.0 Å². The zero-order valence-electron chi connectivity index (χ0n) is 19.5. The van der Waals surface area contributed by atoms with Gasteiger partial charge in [-0.3, -0.25) is 14.4 Å². The Morgan fingerprint density at radius 3 is 2.54 bits per heavy atom. The van der Waals surface area contributed by atoms with Gasteiger partial charge in [-0.2, -0.15) is 0 Å². The highest BCUT2D eigenvalue weighted by Gasteiger charge is 2.32. The molecular formula is C27H28N2O5S. The van der Waals surface area contributed by atoms with Crippen LogP contribution in [0.2, 0.25) is 0 Å². The predicted octanol–water partition coefficient (Wildman–Crippen LogP) is 4.75. The Balaban J connectivity index is 1.24. The Kier molecular flexibility index (Phi) is 8.15. The average Bonchev–Trinajstić information content (AvgIpc) is 3.43. The Morgan fingerprint density at radius 1 is 1.06 bits per heavy atom. The molecule has 2 amide bonds. The standard InChI is InChI=1S/C27H28N2O5S/c1-19(34-27(32)21-9-5-15-29(17-21)26(31)24-10-6-16-35-24)25(30)28-22-11-13-23(14-12-22)33-18-20-7-3-2-4-8-20/h2-4,6-8,10-14,16,19,21H,5,9,15,17-18H2,1H3,(H,28,30). The van der Waals surface area contributed by atoms with Gasteiger partial charge in [0.2, 0.25) is 0 Å². The predicted molar refractivity (Wildman–Crippen MR) is 134 cm³/mol. The number of esters is 1. The van der Waals surface area contributed by atoms with Gasteiger partial charge in [0, 0.05) is 18.8 Å². The maximum absolute atomic E-state index is 12.7. The molecule has 4 rings (SSSR count). The molecular weight excluding hydrogens is 464 g/mol. The smallest absolute Gasteiger partial charge is 0.311 e. The largest absolute Gasteiger partial charge is 0.489 e. The van der Waals surface area contributed by atoms with Gasteiger partial charge in [-0.1, -0.05) is 36.4 Å². The Bertz CT molecular complexity index is 1130. The van der Waals surface area contributed by atoms with Gasteiger partial charge >= 0.3 is 5.97 Å². The van der Waals surface area contributed by atoms with Crippen LogP contribution in [0.15, 0.2) is 72.1 Å². The molecule has 2 heterocycles. The van der Waals surface area contributed by atoms with E-state index in [0.29, 0.717) is 42.4 Å². The van der Waals surface area contributed by atoms with Gasteiger partial charge in [-0.15, -0.1) is 11.3 Å². The summed E-state index contributed by atoms with van der Waals surface area (Å²) in [6.45, 7) is 2.91. The summed E-state index contributed by atoms with van der Waals surface area (Å²) in [6, 6.07) is 20.5. The van der Waals surface area contributed by atoms with E-state index < -0.39 is 23.9 Å². The van der Waals surface area contributed by atoms with E-state index in [4.69, 9.17) is 9.47 Å². The maximum atomic E-state index is 12.7. The van der Waals surface area contributed by atoms with E-state index in [-0.39, 0.29) is 5.91 Å². The van der Waals surface area contributed by atoms with Crippen LogP contribution in [0, 0.1) is 5.92 Å². The van der Waals surface area contributed by atoms with Crippen LogP contribution in [0.1, 0.15) is 35.0 Å². The fourth-order valence-electron chi connectivity index (χ4n) is 3.85. The topological polar surface area (TPSA) is 84.9 Å². The molecule has 182 valence electrons. The lowest BCUT2D eigenvalue weighted by Crippen LogP contribution is -2.43. The number of ether oxygens (including phenoxy) is 2. The molecule has 2 aromatic carbocycles. The summed E-state index contributed by atoms with van der Waals surface area (Å²) in [5.41, 5.74) is 1.65. The molecule has 35 heavy (non-hydrogen) atoms. The number of thiophene rings is 1. The molecule has 7 nitrogen and oxygen atoms in total. The normalized spacial score (nSPS) is 16.3. The van der Waals surface area contributed by atoms with E-state index in [1.165, 1.54) is 11.3 Å². The number of carbonyl (C=O) groups excluding carboxylic acids is 3. The van der Waals surface area contributed by atoms with Crippen molar-refractivity contribution >= 4 is 34.8 Å². The van der Waals surface area contributed by atoms with Crippen LogP contribution in [-0.2, 0) is 20.9 Å². The van der Waals surface area contributed by atoms with E-state index >= 15 is 0 Å². The van der Waals surface area contributed by atoms with Crippen LogP contribution in [0.25, 0.3) is 0 Å². The monoisotopic (exact) mass is 492 g/mol. The van der Waals surface area contributed by atoms with E-state index in [1.54, 1.807) is 42.2 Å². The number of hydrogen-bond acceptors (Lipinski definition) is 6. The highest BCUT2D eigenvalue weighted by molar-refractivity contribution is 7.12. The summed E-state index contributed by atoms with van der Waals surface area (Å²) in [7, 11) is 0. The summed E-state index contributed by atoms with van der Waals surface area (Å²) in [5.74, 6) is -0.701. The van der Waals surface area contributed by atoms with Gasteiger partial charge in [-0.25, -0.2) is 0 Å². The van der Waals surface area contributed by atoms with Crippen molar-refractivity contribution < 1.29 is 23.9 Å². The number of hydrogen-bond donors (Lipinski definition) is 1. The number of likely N-dealkylation sites (tertiary alicyclic amines) is 1. The molecule has 1 aromatic heterocycles. The Hall–Kier alpha value is -3.65. The summed E-state index contributed by atoms with van der Waals surface area (Å²) in [6.07, 6.45) is 0.391. The van der Waals surface area contributed by atoms with Crippen molar-refractivity contribution in [3.8, 4) is 5.75 Å². The molecule has 0 aliphatic carbocycles. The van der Waals surface area contributed by atoms with Crippen LogP contribution >= 0.6 is 11.3 Å². The van der Waals surface area contributed by atoms with E-state index in [9.17, 15) is 14.4 Å². The summed E-state index contributed by atoms with van der Waals surface area (Å²) in [4.78, 5) is 40.2. The fourth-order valence-corrected chi connectivity index (χ4v) is 4.54. The average molecular weight is 493 g/mol. The van der Waals surface area contributed by atoms with Crippen molar-refractivity contribution in [1.82, 2.24) is 4.90 Å². The number of benzene rings is 2. The maximum Gasteiger partial charge on any atom is 0.311 e. The molecule has 2 atom stereocenters. The van der Waals surface area contributed by atoms with Crippen molar-refractivity contribution in [3.05, 3.63) is 82.6 Å². The van der Waals surface area contributed by atoms with E-state index in [0.717, 1.165) is 12.0 Å². The molecule has 0 bridgehead atoms. The highest BCUT2D eigenvalue weighted by Crippen LogP contribution is 2.22. The van der Waals surface area contributed by atoms with Crippen molar-refractivity contribution in [1.29, 1.82) is 0 Å². The molecule has 8 heteroatoms. The minimum absolute atomic E-state index is 0.0699. The van der Waals surface area contributed by atoms with Crippen molar-refractivity contribution in [2.24, 2.45) is 5.92 Å². The first-order valence-corrected chi connectivity index (χ1v) is 12.5. The molecule has 3 aromatic rings.